The standard InChI is InChI=1S/C12H15BrO/c1-9-4-6-10(7-5-9)11(14)12(2,3)8-13/h4-7H,8H2,1-3H3. The van der Waals surface area contributed by atoms with E-state index in [0.29, 0.717) is 5.33 Å². The number of carbonyl (C=O) groups excluding carboxylic acids is 1. The second kappa shape index (κ2) is 4.26. The Morgan fingerprint density at radius 1 is 1.29 bits per heavy atom. The van der Waals surface area contributed by atoms with Gasteiger partial charge in [-0.2, -0.15) is 0 Å². The summed E-state index contributed by atoms with van der Waals surface area (Å²) in [5.74, 6) is 0.189. The van der Waals surface area contributed by atoms with Crippen LogP contribution in [0.2, 0.25) is 0 Å². The number of Topliss-reactive ketones (excluding diaryl/α,β-unsaturated/α-hetero) is 1. The number of benzene rings is 1. The molecule has 0 aromatic heterocycles. The Balaban J connectivity index is 2.96. The highest BCUT2D eigenvalue weighted by molar-refractivity contribution is 9.09. The van der Waals surface area contributed by atoms with Crippen molar-refractivity contribution in [3.63, 3.8) is 0 Å². The molecule has 0 atom stereocenters. The quantitative estimate of drug-likeness (QED) is 0.595. The average molecular weight is 255 g/mol. The van der Waals surface area contributed by atoms with Crippen molar-refractivity contribution in [3.8, 4) is 0 Å². The zero-order chi connectivity index (χ0) is 10.8. The maximum absolute atomic E-state index is 12.0. The summed E-state index contributed by atoms with van der Waals surface area (Å²) in [7, 11) is 0. The third-order valence-corrected chi connectivity index (χ3v) is 3.66. The van der Waals surface area contributed by atoms with Crippen molar-refractivity contribution in [2.24, 2.45) is 5.41 Å². The maximum atomic E-state index is 12.0. The maximum Gasteiger partial charge on any atom is 0.169 e. The van der Waals surface area contributed by atoms with Crippen molar-refractivity contribution in [1.29, 1.82) is 0 Å². The van der Waals surface area contributed by atoms with E-state index in [1.54, 1.807) is 0 Å². The SMILES string of the molecule is Cc1ccc(C(=O)C(C)(C)CBr)cc1. The van der Waals surface area contributed by atoms with Gasteiger partial charge >= 0.3 is 0 Å². The summed E-state index contributed by atoms with van der Waals surface area (Å²) >= 11 is 3.36. The zero-order valence-corrected chi connectivity index (χ0v) is 10.4. The summed E-state index contributed by atoms with van der Waals surface area (Å²) < 4.78 is 0. The minimum atomic E-state index is -0.324. The van der Waals surface area contributed by atoms with Gasteiger partial charge in [0.1, 0.15) is 0 Å². The second-order valence-electron chi connectivity index (χ2n) is 4.21. The lowest BCUT2D eigenvalue weighted by atomic mass is 9.86. The van der Waals surface area contributed by atoms with Gasteiger partial charge in [-0.3, -0.25) is 4.79 Å². The van der Waals surface area contributed by atoms with Crippen molar-refractivity contribution >= 4 is 21.7 Å². The summed E-state index contributed by atoms with van der Waals surface area (Å²) in [6, 6.07) is 7.72. The number of rotatable bonds is 3. The number of hydrogen-bond acceptors (Lipinski definition) is 1. The summed E-state index contributed by atoms with van der Waals surface area (Å²) in [5.41, 5.74) is 1.65. The topological polar surface area (TPSA) is 17.1 Å². The summed E-state index contributed by atoms with van der Waals surface area (Å²) in [6.45, 7) is 5.91. The highest BCUT2D eigenvalue weighted by Crippen LogP contribution is 2.24. The fourth-order valence-electron chi connectivity index (χ4n) is 1.16. The molecule has 0 saturated carbocycles. The molecule has 0 aliphatic rings. The summed E-state index contributed by atoms with van der Waals surface area (Å²) in [4.78, 5) is 12.0. The number of hydrogen-bond donors (Lipinski definition) is 0. The van der Waals surface area contributed by atoms with Crippen LogP contribution in [0.4, 0.5) is 0 Å². The lowest BCUT2D eigenvalue weighted by Crippen LogP contribution is -2.25. The fraction of sp³-hybridized carbons (Fsp3) is 0.417. The van der Waals surface area contributed by atoms with Crippen LogP contribution in [0.5, 0.6) is 0 Å². The first-order valence-corrected chi connectivity index (χ1v) is 5.77. The summed E-state index contributed by atoms with van der Waals surface area (Å²) in [5, 5.41) is 0.687. The van der Waals surface area contributed by atoms with E-state index in [2.05, 4.69) is 15.9 Å². The van der Waals surface area contributed by atoms with Gasteiger partial charge in [0, 0.05) is 16.3 Å². The van der Waals surface area contributed by atoms with Gasteiger partial charge in [0.2, 0.25) is 0 Å². The van der Waals surface area contributed by atoms with Crippen molar-refractivity contribution < 1.29 is 4.79 Å². The summed E-state index contributed by atoms with van der Waals surface area (Å²) in [6.07, 6.45) is 0. The van der Waals surface area contributed by atoms with Gasteiger partial charge in [0.25, 0.3) is 0 Å². The number of halogens is 1. The first-order chi connectivity index (χ1) is 6.47. The monoisotopic (exact) mass is 254 g/mol. The van der Waals surface area contributed by atoms with E-state index in [0.717, 1.165) is 5.56 Å². The third kappa shape index (κ3) is 2.44. The molecule has 2 heteroatoms. The molecule has 14 heavy (non-hydrogen) atoms. The van der Waals surface area contributed by atoms with Crippen LogP contribution in [0.3, 0.4) is 0 Å². The fourth-order valence-corrected chi connectivity index (χ4v) is 1.41. The molecule has 0 aliphatic carbocycles. The highest BCUT2D eigenvalue weighted by Gasteiger charge is 2.26. The molecule has 1 rings (SSSR count). The molecule has 0 unspecified atom stereocenters. The normalized spacial score (nSPS) is 11.4. The van der Waals surface area contributed by atoms with E-state index in [1.165, 1.54) is 5.56 Å². The van der Waals surface area contributed by atoms with E-state index in [9.17, 15) is 4.79 Å². The third-order valence-electron chi connectivity index (χ3n) is 2.26. The van der Waals surface area contributed by atoms with Crippen LogP contribution in [0.15, 0.2) is 24.3 Å². The van der Waals surface area contributed by atoms with Gasteiger partial charge in [-0.05, 0) is 6.92 Å². The van der Waals surface area contributed by atoms with Crippen LogP contribution >= 0.6 is 15.9 Å². The number of ketones is 1. The molecule has 0 radical (unpaired) electrons. The first kappa shape index (κ1) is 11.4. The van der Waals surface area contributed by atoms with Gasteiger partial charge in [-0.15, -0.1) is 0 Å². The minimum Gasteiger partial charge on any atom is -0.294 e. The second-order valence-corrected chi connectivity index (χ2v) is 4.77. The molecule has 1 nitrogen and oxygen atoms in total. The van der Waals surface area contributed by atoms with E-state index in [4.69, 9.17) is 0 Å². The lowest BCUT2D eigenvalue weighted by Gasteiger charge is -2.19. The van der Waals surface area contributed by atoms with Crippen molar-refractivity contribution in [1.82, 2.24) is 0 Å². The Morgan fingerprint density at radius 2 is 1.79 bits per heavy atom. The van der Waals surface area contributed by atoms with Gasteiger partial charge in [0.05, 0.1) is 0 Å². The smallest absolute Gasteiger partial charge is 0.169 e. The molecule has 0 fully saturated rings. The number of aryl methyl sites for hydroxylation is 1. The minimum absolute atomic E-state index is 0.189. The zero-order valence-electron chi connectivity index (χ0n) is 8.80. The molecule has 1 aromatic rings. The Morgan fingerprint density at radius 3 is 2.21 bits per heavy atom. The van der Waals surface area contributed by atoms with Gasteiger partial charge in [-0.25, -0.2) is 0 Å². The average Bonchev–Trinajstić information content (AvgIpc) is 2.18. The first-order valence-electron chi connectivity index (χ1n) is 4.65. The van der Waals surface area contributed by atoms with Crippen LogP contribution in [0, 0.1) is 12.3 Å². The molecular weight excluding hydrogens is 240 g/mol. The van der Waals surface area contributed by atoms with E-state index in [1.807, 2.05) is 45.0 Å². The molecule has 1 aromatic carbocycles. The highest BCUT2D eigenvalue weighted by atomic mass is 79.9. The molecule has 0 bridgehead atoms. The molecule has 0 aliphatic heterocycles. The van der Waals surface area contributed by atoms with Gasteiger partial charge in [0.15, 0.2) is 5.78 Å². The van der Waals surface area contributed by atoms with Crippen LogP contribution in [-0.2, 0) is 0 Å². The van der Waals surface area contributed by atoms with Crippen LogP contribution < -0.4 is 0 Å². The molecular formula is C12H15BrO. The van der Waals surface area contributed by atoms with Gasteiger partial charge in [-0.1, -0.05) is 59.6 Å². The van der Waals surface area contributed by atoms with E-state index >= 15 is 0 Å². The lowest BCUT2D eigenvalue weighted by molar-refractivity contribution is 0.0864. The molecule has 0 heterocycles. The van der Waals surface area contributed by atoms with E-state index < -0.39 is 0 Å². The Bertz CT molecular complexity index is 325. The molecule has 0 N–H and O–H groups in total. The number of alkyl halides is 1. The van der Waals surface area contributed by atoms with Crippen molar-refractivity contribution in [2.45, 2.75) is 20.8 Å². The van der Waals surface area contributed by atoms with Crippen molar-refractivity contribution in [2.75, 3.05) is 5.33 Å². The molecule has 0 saturated heterocycles. The predicted molar refractivity (Wildman–Crippen MR) is 63.1 cm³/mol. The predicted octanol–water partition coefficient (Wildman–Crippen LogP) is 3.60. The van der Waals surface area contributed by atoms with Gasteiger partial charge < -0.3 is 0 Å². The molecule has 0 amide bonds. The van der Waals surface area contributed by atoms with Crippen LogP contribution in [0.1, 0.15) is 29.8 Å². The molecule has 0 spiro atoms. The molecule has 76 valence electrons. The Hall–Kier alpha value is -0.630. The van der Waals surface area contributed by atoms with E-state index in [-0.39, 0.29) is 11.2 Å². The van der Waals surface area contributed by atoms with Crippen LogP contribution in [-0.4, -0.2) is 11.1 Å². The largest absolute Gasteiger partial charge is 0.294 e. The Labute approximate surface area is 93.7 Å². The number of carbonyl (C=O) groups is 1. The van der Waals surface area contributed by atoms with Crippen LogP contribution in [0.25, 0.3) is 0 Å². The Kier molecular flexibility index (Phi) is 3.48. The van der Waals surface area contributed by atoms with Crippen molar-refractivity contribution in [3.05, 3.63) is 35.4 Å².